The summed E-state index contributed by atoms with van der Waals surface area (Å²) in [5.41, 5.74) is 1.20. The molecule has 0 spiro atoms. The molecule has 16 heavy (non-hydrogen) atoms. The maximum Gasteiger partial charge on any atom is 0.127 e. The van der Waals surface area contributed by atoms with Gasteiger partial charge in [-0.1, -0.05) is 12.1 Å². The molecule has 0 unspecified atom stereocenters. The van der Waals surface area contributed by atoms with E-state index >= 15 is 0 Å². The van der Waals surface area contributed by atoms with Crippen LogP contribution in [0.2, 0.25) is 0 Å². The number of piperidine rings is 1. The zero-order valence-electron chi connectivity index (χ0n) is 9.59. The number of rotatable bonds is 2. The van der Waals surface area contributed by atoms with Gasteiger partial charge in [0.15, 0.2) is 0 Å². The number of hydrogen-bond acceptors (Lipinski definition) is 2. The average molecular weight is 223 g/mol. The van der Waals surface area contributed by atoms with E-state index in [-0.39, 0.29) is 17.8 Å². The normalized spacial score (nSPS) is 19.7. The van der Waals surface area contributed by atoms with Gasteiger partial charge in [-0.05, 0) is 50.0 Å². The summed E-state index contributed by atoms with van der Waals surface area (Å²) in [5.74, 6) is -0.184. The molecule has 88 valence electrons. The Morgan fingerprint density at radius 1 is 1.38 bits per heavy atom. The SMILES string of the molecule is Cc1ccc(C2(CO)CCNCC2)c(F)c1. The van der Waals surface area contributed by atoms with E-state index in [4.69, 9.17) is 0 Å². The highest BCUT2D eigenvalue weighted by molar-refractivity contribution is 5.31. The summed E-state index contributed by atoms with van der Waals surface area (Å²) in [7, 11) is 0. The van der Waals surface area contributed by atoms with E-state index in [9.17, 15) is 9.50 Å². The monoisotopic (exact) mass is 223 g/mol. The highest BCUT2D eigenvalue weighted by Gasteiger charge is 2.35. The van der Waals surface area contributed by atoms with Crippen molar-refractivity contribution in [1.82, 2.24) is 5.32 Å². The first kappa shape index (κ1) is 11.6. The molecule has 0 radical (unpaired) electrons. The van der Waals surface area contributed by atoms with E-state index < -0.39 is 0 Å². The predicted octanol–water partition coefficient (Wildman–Crippen LogP) is 1.75. The van der Waals surface area contributed by atoms with Crippen LogP contribution in [-0.4, -0.2) is 24.8 Å². The van der Waals surface area contributed by atoms with Gasteiger partial charge in [0.25, 0.3) is 0 Å². The van der Waals surface area contributed by atoms with Crippen LogP contribution in [0.4, 0.5) is 4.39 Å². The summed E-state index contributed by atoms with van der Waals surface area (Å²) in [6, 6.07) is 5.29. The minimum atomic E-state index is -0.386. The van der Waals surface area contributed by atoms with Gasteiger partial charge in [-0.25, -0.2) is 4.39 Å². The third-order valence-corrected chi connectivity index (χ3v) is 3.56. The second-order valence-corrected chi connectivity index (χ2v) is 4.67. The third-order valence-electron chi connectivity index (χ3n) is 3.56. The zero-order valence-corrected chi connectivity index (χ0v) is 9.59. The molecule has 1 fully saturated rings. The van der Waals surface area contributed by atoms with Crippen molar-refractivity contribution in [3.8, 4) is 0 Å². The molecule has 1 heterocycles. The molecule has 1 aliphatic heterocycles. The van der Waals surface area contributed by atoms with Gasteiger partial charge in [0.2, 0.25) is 0 Å². The van der Waals surface area contributed by atoms with Crippen LogP contribution in [0, 0.1) is 12.7 Å². The minimum Gasteiger partial charge on any atom is -0.395 e. The topological polar surface area (TPSA) is 32.3 Å². The van der Waals surface area contributed by atoms with Crippen LogP contribution in [0.5, 0.6) is 0 Å². The number of hydrogen-bond donors (Lipinski definition) is 2. The maximum absolute atomic E-state index is 13.9. The lowest BCUT2D eigenvalue weighted by atomic mass is 9.73. The van der Waals surface area contributed by atoms with E-state index in [2.05, 4.69) is 5.32 Å². The predicted molar refractivity (Wildman–Crippen MR) is 62.0 cm³/mol. The van der Waals surface area contributed by atoms with E-state index in [0.29, 0.717) is 5.56 Å². The fraction of sp³-hybridized carbons (Fsp3) is 0.538. The molecule has 1 aliphatic rings. The summed E-state index contributed by atoms with van der Waals surface area (Å²) >= 11 is 0. The largest absolute Gasteiger partial charge is 0.395 e. The highest BCUT2D eigenvalue weighted by Crippen LogP contribution is 2.34. The summed E-state index contributed by atoms with van der Waals surface area (Å²) in [5, 5.41) is 12.8. The summed E-state index contributed by atoms with van der Waals surface area (Å²) in [6.07, 6.45) is 1.59. The van der Waals surface area contributed by atoms with E-state index in [1.165, 1.54) is 0 Å². The van der Waals surface area contributed by atoms with Gasteiger partial charge in [0, 0.05) is 5.41 Å². The Balaban J connectivity index is 2.39. The third kappa shape index (κ3) is 1.97. The molecule has 0 aromatic heterocycles. The van der Waals surface area contributed by atoms with Crippen LogP contribution in [0.15, 0.2) is 18.2 Å². The summed E-state index contributed by atoms with van der Waals surface area (Å²) in [6.45, 7) is 3.58. The summed E-state index contributed by atoms with van der Waals surface area (Å²) < 4.78 is 13.9. The highest BCUT2D eigenvalue weighted by atomic mass is 19.1. The molecule has 2 N–H and O–H groups in total. The zero-order chi connectivity index (χ0) is 11.6. The van der Waals surface area contributed by atoms with Crippen molar-refractivity contribution in [2.24, 2.45) is 0 Å². The van der Waals surface area contributed by atoms with Crippen molar-refractivity contribution < 1.29 is 9.50 Å². The van der Waals surface area contributed by atoms with Crippen molar-refractivity contribution in [3.63, 3.8) is 0 Å². The Morgan fingerprint density at radius 3 is 2.62 bits per heavy atom. The Bertz CT molecular complexity index is 372. The van der Waals surface area contributed by atoms with Gasteiger partial charge in [-0.3, -0.25) is 0 Å². The standard InChI is InChI=1S/C13H18FNO/c1-10-2-3-11(12(14)8-10)13(9-16)4-6-15-7-5-13/h2-3,8,15-16H,4-7,9H2,1H3. The van der Waals surface area contributed by atoms with Crippen molar-refractivity contribution in [2.75, 3.05) is 19.7 Å². The minimum absolute atomic E-state index is 0.0225. The lowest BCUT2D eigenvalue weighted by Crippen LogP contribution is -2.43. The second kappa shape index (κ2) is 4.52. The second-order valence-electron chi connectivity index (χ2n) is 4.67. The van der Waals surface area contributed by atoms with E-state index in [1.807, 2.05) is 19.1 Å². The van der Waals surface area contributed by atoms with Crippen LogP contribution < -0.4 is 5.32 Å². The van der Waals surface area contributed by atoms with Crippen LogP contribution >= 0.6 is 0 Å². The molecule has 2 nitrogen and oxygen atoms in total. The first-order valence-electron chi connectivity index (χ1n) is 5.76. The number of halogens is 1. The van der Waals surface area contributed by atoms with Gasteiger partial charge in [-0.2, -0.15) is 0 Å². The number of aliphatic hydroxyl groups excluding tert-OH is 1. The molecule has 2 rings (SSSR count). The van der Waals surface area contributed by atoms with Crippen molar-refractivity contribution in [3.05, 3.63) is 35.1 Å². The number of aryl methyl sites for hydroxylation is 1. The van der Waals surface area contributed by atoms with Crippen molar-refractivity contribution in [1.29, 1.82) is 0 Å². The first-order chi connectivity index (χ1) is 7.68. The van der Waals surface area contributed by atoms with E-state index in [1.54, 1.807) is 6.07 Å². The van der Waals surface area contributed by atoms with Gasteiger partial charge < -0.3 is 10.4 Å². The van der Waals surface area contributed by atoms with Gasteiger partial charge in [0.1, 0.15) is 5.82 Å². The maximum atomic E-state index is 13.9. The quantitative estimate of drug-likeness (QED) is 0.800. The van der Waals surface area contributed by atoms with Crippen LogP contribution in [0.3, 0.4) is 0 Å². The van der Waals surface area contributed by atoms with Gasteiger partial charge >= 0.3 is 0 Å². The molecule has 0 bridgehead atoms. The average Bonchev–Trinajstić information content (AvgIpc) is 2.30. The summed E-state index contributed by atoms with van der Waals surface area (Å²) in [4.78, 5) is 0. The van der Waals surface area contributed by atoms with Crippen molar-refractivity contribution >= 4 is 0 Å². The Morgan fingerprint density at radius 2 is 2.06 bits per heavy atom. The van der Waals surface area contributed by atoms with Crippen LogP contribution in [0.25, 0.3) is 0 Å². The Labute approximate surface area is 95.5 Å². The first-order valence-corrected chi connectivity index (χ1v) is 5.76. The molecule has 1 aromatic carbocycles. The Hall–Kier alpha value is -0.930. The van der Waals surface area contributed by atoms with Crippen LogP contribution in [0.1, 0.15) is 24.0 Å². The van der Waals surface area contributed by atoms with E-state index in [0.717, 1.165) is 31.5 Å². The van der Waals surface area contributed by atoms with Crippen molar-refractivity contribution in [2.45, 2.75) is 25.2 Å². The fourth-order valence-electron chi connectivity index (χ4n) is 2.47. The molecule has 0 atom stereocenters. The molecular weight excluding hydrogens is 205 g/mol. The number of aliphatic hydroxyl groups is 1. The molecule has 0 aliphatic carbocycles. The Kier molecular flexibility index (Phi) is 3.26. The van der Waals surface area contributed by atoms with Crippen LogP contribution in [-0.2, 0) is 5.41 Å². The molecule has 1 saturated heterocycles. The molecule has 0 amide bonds. The molecule has 1 aromatic rings. The lowest BCUT2D eigenvalue weighted by molar-refractivity contribution is 0.154. The number of nitrogens with one attached hydrogen (secondary N) is 1. The molecular formula is C13H18FNO. The smallest absolute Gasteiger partial charge is 0.127 e. The van der Waals surface area contributed by atoms with Gasteiger partial charge in [-0.15, -0.1) is 0 Å². The number of benzene rings is 1. The van der Waals surface area contributed by atoms with Gasteiger partial charge in [0.05, 0.1) is 6.61 Å². The fourth-order valence-corrected chi connectivity index (χ4v) is 2.47. The lowest BCUT2D eigenvalue weighted by Gasteiger charge is -2.36. The molecule has 0 saturated carbocycles. The molecule has 3 heteroatoms.